The van der Waals surface area contributed by atoms with E-state index in [1.807, 2.05) is 0 Å². The number of carbonyl (C=O) groups excluding carboxylic acids is 2. The van der Waals surface area contributed by atoms with Gasteiger partial charge in [-0.3, -0.25) is 14.9 Å². The second-order valence-electron chi connectivity index (χ2n) is 10.1. The first-order valence-electron chi connectivity index (χ1n) is 12.6. The summed E-state index contributed by atoms with van der Waals surface area (Å²) in [5, 5.41) is 14.1. The second-order valence-corrected chi connectivity index (χ2v) is 12.1. The molecule has 2 unspecified atom stereocenters. The summed E-state index contributed by atoms with van der Waals surface area (Å²) in [6, 6.07) is 3.61. The van der Waals surface area contributed by atoms with E-state index in [-0.39, 0.29) is 48.5 Å². The van der Waals surface area contributed by atoms with Gasteiger partial charge in [0.1, 0.15) is 5.60 Å². The quantitative estimate of drug-likeness (QED) is 0.443. The Kier molecular flexibility index (Phi) is 7.83. The van der Waals surface area contributed by atoms with Gasteiger partial charge in [-0.25, -0.2) is 12.8 Å². The van der Waals surface area contributed by atoms with Gasteiger partial charge in [0.05, 0.1) is 18.4 Å². The van der Waals surface area contributed by atoms with Gasteiger partial charge in [0.2, 0.25) is 21.8 Å². The molecular weight excluding hydrogens is 475 g/mol. The van der Waals surface area contributed by atoms with Gasteiger partial charge in [-0.2, -0.15) is 4.31 Å². The number of hydrogen-bond donors (Lipinski definition) is 2. The van der Waals surface area contributed by atoms with Gasteiger partial charge in [0, 0.05) is 18.9 Å². The van der Waals surface area contributed by atoms with Crippen LogP contribution in [0, 0.1) is 17.7 Å². The van der Waals surface area contributed by atoms with E-state index in [9.17, 15) is 27.5 Å². The van der Waals surface area contributed by atoms with Crippen LogP contribution in [0.3, 0.4) is 0 Å². The highest BCUT2D eigenvalue weighted by Crippen LogP contribution is 2.41. The van der Waals surface area contributed by atoms with Crippen molar-refractivity contribution >= 4 is 21.8 Å². The van der Waals surface area contributed by atoms with Crippen LogP contribution in [0.5, 0.6) is 5.75 Å². The summed E-state index contributed by atoms with van der Waals surface area (Å²) in [6.07, 6.45) is 4.88. The van der Waals surface area contributed by atoms with Crippen LogP contribution in [0.2, 0.25) is 0 Å². The van der Waals surface area contributed by atoms with Crippen molar-refractivity contribution in [1.29, 1.82) is 0 Å². The summed E-state index contributed by atoms with van der Waals surface area (Å²) < 4.78 is 48.0. The van der Waals surface area contributed by atoms with Gasteiger partial charge >= 0.3 is 0 Å². The average Bonchev–Trinajstić information content (AvgIpc) is 3.51. The maximum Gasteiger partial charge on any atom is 0.229 e. The van der Waals surface area contributed by atoms with Crippen molar-refractivity contribution in [3.63, 3.8) is 0 Å². The highest BCUT2D eigenvalue weighted by molar-refractivity contribution is 7.89. The van der Waals surface area contributed by atoms with E-state index >= 15 is 0 Å². The first kappa shape index (κ1) is 26.0. The first-order chi connectivity index (χ1) is 16.6. The predicted molar refractivity (Wildman–Crippen MR) is 127 cm³/mol. The molecule has 1 aromatic carbocycles. The standard InChI is InChI=1S/C25H35FN2O6S/c1-2-25(31,19-10-11-20(26)21(15-19)34-16-17-7-8-17)22-6-3-13-28(22)35(32,33)14-4-5-18-9-12-23(29)27-24(18)30/h10-11,15,17-18,22,31H,2-9,12-14,16H2,1H3,(H,27,29,30)/t18?,22?,25-/m0/s1. The van der Waals surface area contributed by atoms with Crippen molar-refractivity contribution in [3.05, 3.63) is 29.6 Å². The number of nitrogens with zero attached hydrogens (tertiary/aromatic N) is 1. The minimum absolute atomic E-state index is 0.0814. The van der Waals surface area contributed by atoms with Gasteiger partial charge in [0.25, 0.3) is 0 Å². The number of ether oxygens (including phenoxy) is 1. The van der Waals surface area contributed by atoms with Gasteiger partial charge in [0.15, 0.2) is 11.6 Å². The van der Waals surface area contributed by atoms with Crippen LogP contribution in [0.25, 0.3) is 0 Å². The molecule has 8 nitrogen and oxygen atoms in total. The molecule has 10 heteroatoms. The maximum absolute atomic E-state index is 14.4. The van der Waals surface area contributed by atoms with E-state index < -0.39 is 27.5 Å². The number of hydrogen-bond acceptors (Lipinski definition) is 6. The fraction of sp³-hybridized carbons (Fsp3) is 0.680. The van der Waals surface area contributed by atoms with Gasteiger partial charge < -0.3 is 9.84 Å². The molecule has 0 aromatic heterocycles. The lowest BCUT2D eigenvalue weighted by atomic mass is 9.83. The van der Waals surface area contributed by atoms with Crippen LogP contribution < -0.4 is 10.1 Å². The number of nitrogens with one attached hydrogen (secondary N) is 1. The van der Waals surface area contributed by atoms with E-state index in [0.717, 1.165) is 12.8 Å². The van der Waals surface area contributed by atoms with E-state index in [2.05, 4.69) is 5.32 Å². The molecule has 1 saturated carbocycles. The number of sulfonamides is 1. The summed E-state index contributed by atoms with van der Waals surface area (Å²) in [4.78, 5) is 23.3. The number of imide groups is 1. The largest absolute Gasteiger partial charge is 0.490 e. The van der Waals surface area contributed by atoms with Crippen molar-refractivity contribution in [2.45, 2.75) is 76.4 Å². The third-order valence-electron chi connectivity index (χ3n) is 7.56. The van der Waals surface area contributed by atoms with Crippen molar-refractivity contribution < 1.29 is 32.2 Å². The van der Waals surface area contributed by atoms with Crippen LogP contribution in [0.4, 0.5) is 4.39 Å². The molecular formula is C25H35FN2O6S. The van der Waals surface area contributed by atoms with Crippen LogP contribution >= 0.6 is 0 Å². The highest BCUT2D eigenvalue weighted by Gasteiger charge is 2.47. The predicted octanol–water partition coefficient (Wildman–Crippen LogP) is 2.84. The molecule has 0 bridgehead atoms. The number of carbonyl (C=O) groups is 2. The molecule has 35 heavy (non-hydrogen) atoms. The molecule has 3 atom stereocenters. The van der Waals surface area contributed by atoms with E-state index in [1.54, 1.807) is 6.92 Å². The fourth-order valence-corrected chi connectivity index (χ4v) is 7.04. The molecule has 3 aliphatic rings. The Morgan fingerprint density at radius 2 is 2.00 bits per heavy atom. The van der Waals surface area contributed by atoms with Gasteiger partial charge in [-0.1, -0.05) is 13.0 Å². The molecule has 4 rings (SSSR count). The first-order valence-corrected chi connectivity index (χ1v) is 14.2. The molecule has 2 saturated heterocycles. The minimum Gasteiger partial charge on any atom is -0.490 e. The Morgan fingerprint density at radius 1 is 1.23 bits per heavy atom. The Labute approximate surface area is 206 Å². The molecule has 0 radical (unpaired) electrons. The number of piperidine rings is 1. The summed E-state index contributed by atoms with van der Waals surface area (Å²) in [7, 11) is -3.70. The topological polar surface area (TPSA) is 113 Å². The lowest BCUT2D eigenvalue weighted by Crippen LogP contribution is -2.50. The van der Waals surface area contributed by atoms with E-state index in [0.29, 0.717) is 50.3 Å². The number of rotatable bonds is 11. The molecule has 0 spiro atoms. The molecule has 1 aliphatic carbocycles. The Morgan fingerprint density at radius 3 is 2.69 bits per heavy atom. The zero-order valence-corrected chi connectivity index (χ0v) is 21.0. The maximum atomic E-state index is 14.4. The van der Waals surface area contributed by atoms with Crippen molar-refractivity contribution in [2.24, 2.45) is 11.8 Å². The molecule has 1 aromatic rings. The molecule has 2 aliphatic heterocycles. The van der Waals surface area contributed by atoms with Gasteiger partial charge in [-0.05, 0) is 75.0 Å². The Hall–Kier alpha value is -2.04. The third-order valence-corrected chi connectivity index (χ3v) is 9.52. The van der Waals surface area contributed by atoms with Crippen molar-refractivity contribution in [2.75, 3.05) is 18.9 Å². The Balaban J connectivity index is 1.46. The lowest BCUT2D eigenvalue weighted by Gasteiger charge is -2.38. The molecule has 2 heterocycles. The second kappa shape index (κ2) is 10.5. The molecule has 2 amide bonds. The van der Waals surface area contributed by atoms with E-state index in [4.69, 9.17) is 4.74 Å². The zero-order chi connectivity index (χ0) is 25.2. The summed E-state index contributed by atoms with van der Waals surface area (Å²) in [6.45, 7) is 2.53. The average molecular weight is 511 g/mol. The smallest absolute Gasteiger partial charge is 0.229 e. The van der Waals surface area contributed by atoms with Crippen molar-refractivity contribution in [1.82, 2.24) is 9.62 Å². The summed E-state index contributed by atoms with van der Waals surface area (Å²) in [5.74, 6) is -1.11. The number of amides is 2. The van der Waals surface area contributed by atoms with Crippen LogP contribution in [-0.2, 0) is 25.2 Å². The monoisotopic (exact) mass is 510 g/mol. The summed E-state index contributed by atoms with van der Waals surface area (Å²) in [5.41, 5.74) is -1.04. The Bertz CT molecular complexity index is 1060. The van der Waals surface area contributed by atoms with Gasteiger partial charge in [-0.15, -0.1) is 0 Å². The highest BCUT2D eigenvalue weighted by atomic mass is 32.2. The zero-order valence-electron chi connectivity index (χ0n) is 20.2. The van der Waals surface area contributed by atoms with Crippen molar-refractivity contribution in [3.8, 4) is 5.75 Å². The normalized spacial score (nSPS) is 25.3. The molecule has 2 N–H and O–H groups in total. The number of halogens is 1. The van der Waals surface area contributed by atoms with Crippen LogP contribution in [0.1, 0.15) is 70.3 Å². The minimum atomic E-state index is -3.70. The fourth-order valence-electron chi connectivity index (χ4n) is 5.20. The molecule has 194 valence electrons. The lowest BCUT2D eigenvalue weighted by molar-refractivity contribution is -0.136. The third kappa shape index (κ3) is 5.86. The van der Waals surface area contributed by atoms with Crippen LogP contribution in [0.15, 0.2) is 18.2 Å². The summed E-state index contributed by atoms with van der Waals surface area (Å²) >= 11 is 0. The van der Waals surface area contributed by atoms with E-state index in [1.165, 1.54) is 22.5 Å². The number of benzene rings is 1. The van der Waals surface area contributed by atoms with Crippen LogP contribution in [-0.4, -0.2) is 54.6 Å². The SMILES string of the molecule is CC[C@](O)(c1ccc(F)c(OCC2CC2)c1)C1CCCN1S(=O)(=O)CCCC1CCC(=O)NC1=O. The molecule has 3 fully saturated rings. The number of aliphatic hydroxyl groups is 1.